The quantitative estimate of drug-likeness (QED) is 0.686. The van der Waals surface area contributed by atoms with Gasteiger partial charge < -0.3 is 20.1 Å². The smallest absolute Gasteiger partial charge is 0.140 e. The number of ether oxygens (including phenoxy) is 2. The zero-order chi connectivity index (χ0) is 19.1. The van der Waals surface area contributed by atoms with Gasteiger partial charge in [0.1, 0.15) is 17.2 Å². The summed E-state index contributed by atoms with van der Waals surface area (Å²) in [5.41, 5.74) is 4.00. The van der Waals surface area contributed by atoms with E-state index >= 15 is 0 Å². The molecule has 4 heterocycles. The first-order valence-corrected chi connectivity index (χ1v) is 9.79. The highest BCUT2D eigenvalue weighted by Crippen LogP contribution is 2.44. The van der Waals surface area contributed by atoms with E-state index in [1.165, 1.54) is 18.4 Å². The second kappa shape index (κ2) is 7.07. The van der Waals surface area contributed by atoms with Crippen LogP contribution in [0.3, 0.4) is 0 Å². The Morgan fingerprint density at radius 3 is 2.89 bits per heavy atom. The van der Waals surface area contributed by atoms with Gasteiger partial charge in [0, 0.05) is 38.0 Å². The van der Waals surface area contributed by atoms with Gasteiger partial charge in [-0.1, -0.05) is 6.07 Å². The molecule has 1 aliphatic heterocycles. The summed E-state index contributed by atoms with van der Waals surface area (Å²) in [5, 5.41) is 6.85. The van der Waals surface area contributed by atoms with Gasteiger partial charge >= 0.3 is 0 Å². The number of imidazole rings is 1. The molecule has 2 unspecified atom stereocenters. The van der Waals surface area contributed by atoms with Crippen LogP contribution >= 0.6 is 0 Å². The molecule has 7 nitrogen and oxygen atoms in total. The number of fused-ring (bicyclic) bond motifs is 1. The van der Waals surface area contributed by atoms with Crippen molar-refractivity contribution in [1.29, 1.82) is 0 Å². The van der Waals surface area contributed by atoms with Crippen molar-refractivity contribution in [1.82, 2.24) is 19.7 Å². The van der Waals surface area contributed by atoms with Crippen LogP contribution in [-0.4, -0.2) is 53.8 Å². The fourth-order valence-electron chi connectivity index (χ4n) is 3.98. The van der Waals surface area contributed by atoms with E-state index in [-0.39, 0.29) is 12.1 Å². The average molecular weight is 379 g/mol. The van der Waals surface area contributed by atoms with E-state index in [1.54, 1.807) is 14.2 Å². The van der Waals surface area contributed by atoms with Crippen molar-refractivity contribution >= 4 is 11.5 Å². The van der Waals surface area contributed by atoms with Crippen molar-refractivity contribution in [2.75, 3.05) is 32.6 Å². The number of aromatic nitrogens is 3. The molecule has 2 N–H and O–H groups in total. The first-order valence-electron chi connectivity index (χ1n) is 9.79. The number of rotatable bonds is 6. The summed E-state index contributed by atoms with van der Waals surface area (Å²) in [6, 6.07) is 8.28. The molecule has 1 saturated heterocycles. The van der Waals surface area contributed by atoms with E-state index in [0.29, 0.717) is 5.92 Å². The second-order valence-electron chi connectivity index (χ2n) is 7.53. The van der Waals surface area contributed by atoms with Gasteiger partial charge in [0.2, 0.25) is 0 Å². The van der Waals surface area contributed by atoms with Crippen LogP contribution in [0.2, 0.25) is 0 Å². The van der Waals surface area contributed by atoms with E-state index in [0.717, 1.165) is 41.7 Å². The Hall–Kier alpha value is -2.64. The normalized spacial score (nSPS) is 21.9. The maximum Gasteiger partial charge on any atom is 0.140 e. The van der Waals surface area contributed by atoms with E-state index in [1.807, 2.05) is 30.5 Å². The summed E-state index contributed by atoms with van der Waals surface area (Å²) in [5.74, 6) is 2.37. The highest BCUT2D eigenvalue weighted by atomic mass is 16.5. The van der Waals surface area contributed by atoms with E-state index in [9.17, 15) is 0 Å². The van der Waals surface area contributed by atoms with Crippen molar-refractivity contribution in [3.63, 3.8) is 0 Å². The minimum atomic E-state index is 0.148. The molecule has 1 aliphatic carbocycles. The van der Waals surface area contributed by atoms with Crippen LogP contribution in [0, 0.1) is 0 Å². The SMILES string of the molecule is COc1cc2ncc(-c3cccc(NC4CNCC4OC)n3)n2cc1C1CC1. The van der Waals surface area contributed by atoms with E-state index in [4.69, 9.17) is 14.5 Å². The van der Waals surface area contributed by atoms with Crippen LogP contribution < -0.4 is 15.4 Å². The number of hydrogen-bond acceptors (Lipinski definition) is 6. The van der Waals surface area contributed by atoms with Crippen molar-refractivity contribution in [3.05, 3.63) is 42.2 Å². The summed E-state index contributed by atoms with van der Waals surface area (Å²) >= 11 is 0. The predicted octanol–water partition coefficient (Wildman–Crippen LogP) is 2.68. The van der Waals surface area contributed by atoms with Crippen molar-refractivity contribution in [3.8, 4) is 17.1 Å². The zero-order valence-electron chi connectivity index (χ0n) is 16.2. The standard InChI is InChI=1S/C21H25N5O2/c1-27-18-8-21-23-10-17(26(21)12-14(18)13-6-7-13)15-4-3-5-20(24-15)25-16-9-22-11-19(16)28-2/h3-5,8,10,12-13,16,19,22H,6-7,9,11H2,1-2H3,(H,24,25). The maximum absolute atomic E-state index is 5.59. The van der Waals surface area contributed by atoms with Gasteiger partial charge in [-0.25, -0.2) is 9.97 Å². The molecule has 0 radical (unpaired) electrons. The molecule has 1 saturated carbocycles. The van der Waals surface area contributed by atoms with Gasteiger partial charge in [-0.3, -0.25) is 4.40 Å². The summed E-state index contributed by atoms with van der Waals surface area (Å²) in [6.07, 6.45) is 6.64. The Morgan fingerprint density at radius 1 is 1.21 bits per heavy atom. The number of pyridine rings is 2. The third-order valence-corrected chi connectivity index (χ3v) is 5.68. The molecule has 7 heteroatoms. The Kier molecular flexibility index (Phi) is 4.41. The van der Waals surface area contributed by atoms with Crippen LogP contribution in [0.1, 0.15) is 24.3 Å². The summed E-state index contributed by atoms with van der Waals surface area (Å²) < 4.78 is 13.3. The van der Waals surface area contributed by atoms with E-state index in [2.05, 4.69) is 26.2 Å². The number of nitrogens with zero attached hydrogens (tertiary/aromatic N) is 3. The van der Waals surface area contributed by atoms with Crippen molar-refractivity contribution in [2.45, 2.75) is 30.9 Å². The minimum absolute atomic E-state index is 0.148. The summed E-state index contributed by atoms with van der Waals surface area (Å²) in [6.45, 7) is 1.72. The highest BCUT2D eigenvalue weighted by molar-refractivity contribution is 5.64. The van der Waals surface area contributed by atoms with Crippen LogP contribution in [0.5, 0.6) is 5.75 Å². The zero-order valence-corrected chi connectivity index (χ0v) is 16.2. The molecule has 3 aromatic rings. The lowest BCUT2D eigenvalue weighted by Gasteiger charge is -2.19. The third kappa shape index (κ3) is 3.10. The molecule has 2 atom stereocenters. The fraction of sp³-hybridized carbons (Fsp3) is 0.429. The Balaban J connectivity index is 1.49. The number of hydrogen-bond donors (Lipinski definition) is 2. The predicted molar refractivity (Wildman–Crippen MR) is 108 cm³/mol. The molecule has 0 spiro atoms. The van der Waals surface area contributed by atoms with Crippen LogP contribution in [0.15, 0.2) is 36.7 Å². The number of methoxy groups -OCH3 is 2. The van der Waals surface area contributed by atoms with Crippen LogP contribution in [0.25, 0.3) is 17.0 Å². The third-order valence-electron chi connectivity index (χ3n) is 5.68. The van der Waals surface area contributed by atoms with Crippen LogP contribution in [0.4, 0.5) is 5.82 Å². The number of anilines is 1. The Bertz CT molecular complexity index is 998. The average Bonchev–Trinajstić information content (AvgIpc) is 3.34. The highest BCUT2D eigenvalue weighted by Gasteiger charge is 2.28. The first-order chi connectivity index (χ1) is 13.8. The van der Waals surface area contributed by atoms with E-state index < -0.39 is 0 Å². The van der Waals surface area contributed by atoms with Crippen LogP contribution in [-0.2, 0) is 4.74 Å². The molecule has 0 aromatic carbocycles. The second-order valence-corrected chi connectivity index (χ2v) is 7.53. The molecule has 28 heavy (non-hydrogen) atoms. The molecule has 146 valence electrons. The first kappa shape index (κ1) is 17.5. The van der Waals surface area contributed by atoms with Crippen molar-refractivity contribution in [2.24, 2.45) is 0 Å². The summed E-state index contributed by atoms with van der Waals surface area (Å²) in [4.78, 5) is 9.42. The molecular formula is C21H25N5O2. The molecule has 2 aliphatic rings. The molecule has 5 rings (SSSR count). The molecular weight excluding hydrogens is 354 g/mol. The minimum Gasteiger partial charge on any atom is -0.496 e. The topological polar surface area (TPSA) is 72.7 Å². The molecule has 0 amide bonds. The molecule has 0 bridgehead atoms. The van der Waals surface area contributed by atoms with Gasteiger partial charge in [-0.15, -0.1) is 0 Å². The Labute approximate surface area is 164 Å². The number of nitrogens with one attached hydrogen (secondary N) is 2. The van der Waals surface area contributed by atoms with Gasteiger partial charge in [0.25, 0.3) is 0 Å². The monoisotopic (exact) mass is 379 g/mol. The molecule has 2 fully saturated rings. The van der Waals surface area contributed by atoms with Gasteiger partial charge in [0.05, 0.1) is 36.8 Å². The fourth-order valence-corrected chi connectivity index (χ4v) is 3.98. The maximum atomic E-state index is 5.59. The van der Waals surface area contributed by atoms with Gasteiger partial charge in [-0.05, 0) is 30.9 Å². The lowest BCUT2D eigenvalue weighted by molar-refractivity contribution is 0.111. The largest absolute Gasteiger partial charge is 0.496 e. The Morgan fingerprint density at radius 2 is 2.11 bits per heavy atom. The molecule has 3 aromatic heterocycles. The van der Waals surface area contributed by atoms with Gasteiger partial charge in [-0.2, -0.15) is 0 Å². The lowest BCUT2D eigenvalue weighted by Crippen LogP contribution is -2.33. The van der Waals surface area contributed by atoms with Gasteiger partial charge in [0.15, 0.2) is 0 Å². The lowest BCUT2D eigenvalue weighted by atomic mass is 10.1. The van der Waals surface area contributed by atoms with Crippen molar-refractivity contribution < 1.29 is 9.47 Å². The summed E-state index contributed by atoms with van der Waals surface area (Å²) in [7, 11) is 3.48.